The Hall–Kier alpha value is -3.72. The lowest BCUT2D eigenvalue weighted by Crippen LogP contribution is -2.13. The van der Waals surface area contributed by atoms with E-state index in [1.165, 1.54) is 21.3 Å². The van der Waals surface area contributed by atoms with Gasteiger partial charge in [0.15, 0.2) is 11.5 Å². The SMILES string of the molecule is COc1cc(NS(=O)(=O)c2ccc(Cn3c(C)nc4ccccc43)cc2)cc(OC)c1OC. The maximum atomic E-state index is 13.0. The van der Waals surface area contributed by atoms with Gasteiger partial charge < -0.3 is 18.8 Å². The number of aryl methyl sites for hydroxylation is 1. The van der Waals surface area contributed by atoms with E-state index >= 15 is 0 Å². The van der Waals surface area contributed by atoms with E-state index in [-0.39, 0.29) is 4.90 Å². The van der Waals surface area contributed by atoms with E-state index in [1.807, 2.05) is 31.2 Å². The standard InChI is InChI=1S/C24H25N3O5S/c1-16-25-20-7-5-6-8-21(20)27(16)15-17-9-11-19(12-10-17)33(28,29)26-18-13-22(30-2)24(32-4)23(14-18)31-3/h5-14,26H,15H2,1-4H3. The second-order valence-electron chi connectivity index (χ2n) is 7.40. The van der Waals surface area contributed by atoms with Crippen LogP contribution in [0.15, 0.2) is 65.6 Å². The molecule has 0 fully saturated rings. The van der Waals surface area contributed by atoms with E-state index in [1.54, 1.807) is 36.4 Å². The molecule has 0 bridgehead atoms. The summed E-state index contributed by atoms with van der Waals surface area (Å²) in [7, 11) is 0.604. The molecule has 0 spiro atoms. The molecule has 172 valence electrons. The predicted octanol–water partition coefficient (Wildman–Crippen LogP) is 4.22. The molecular weight excluding hydrogens is 442 g/mol. The van der Waals surface area contributed by atoms with Crippen molar-refractivity contribution in [3.63, 3.8) is 0 Å². The fraction of sp³-hybridized carbons (Fsp3) is 0.208. The number of hydrogen-bond acceptors (Lipinski definition) is 6. The first-order chi connectivity index (χ1) is 15.9. The molecule has 0 unspecified atom stereocenters. The minimum Gasteiger partial charge on any atom is -0.493 e. The molecule has 1 heterocycles. The number of hydrogen-bond donors (Lipinski definition) is 1. The van der Waals surface area contributed by atoms with Crippen LogP contribution in [0.2, 0.25) is 0 Å². The molecule has 0 saturated heterocycles. The van der Waals surface area contributed by atoms with Crippen LogP contribution in [0, 0.1) is 6.92 Å². The Labute approximate surface area is 192 Å². The van der Waals surface area contributed by atoms with E-state index in [4.69, 9.17) is 14.2 Å². The molecular formula is C24H25N3O5S. The van der Waals surface area contributed by atoms with Gasteiger partial charge in [0.25, 0.3) is 10.0 Å². The lowest BCUT2D eigenvalue weighted by Gasteiger charge is -2.15. The largest absolute Gasteiger partial charge is 0.493 e. The zero-order valence-electron chi connectivity index (χ0n) is 18.8. The molecule has 3 aromatic carbocycles. The van der Waals surface area contributed by atoms with Crippen molar-refractivity contribution < 1.29 is 22.6 Å². The highest BCUT2D eigenvalue weighted by Gasteiger charge is 2.19. The van der Waals surface area contributed by atoms with E-state index in [0.29, 0.717) is 29.5 Å². The molecule has 0 amide bonds. The maximum absolute atomic E-state index is 13.0. The molecule has 1 N–H and O–H groups in total. The Bertz CT molecular complexity index is 1370. The van der Waals surface area contributed by atoms with Crippen LogP contribution >= 0.6 is 0 Å². The quantitative estimate of drug-likeness (QED) is 0.417. The van der Waals surface area contributed by atoms with Crippen LogP contribution in [0.1, 0.15) is 11.4 Å². The Balaban J connectivity index is 1.58. The van der Waals surface area contributed by atoms with E-state index in [2.05, 4.69) is 14.3 Å². The smallest absolute Gasteiger partial charge is 0.261 e. The van der Waals surface area contributed by atoms with Gasteiger partial charge in [0.2, 0.25) is 5.75 Å². The van der Waals surface area contributed by atoms with Crippen molar-refractivity contribution in [1.82, 2.24) is 9.55 Å². The van der Waals surface area contributed by atoms with Gasteiger partial charge in [-0.25, -0.2) is 13.4 Å². The molecule has 8 nitrogen and oxygen atoms in total. The number of rotatable bonds is 8. The Morgan fingerprint density at radius 1 is 0.909 bits per heavy atom. The Morgan fingerprint density at radius 3 is 2.15 bits per heavy atom. The summed E-state index contributed by atoms with van der Waals surface area (Å²) in [5, 5.41) is 0. The van der Waals surface area contributed by atoms with Gasteiger partial charge in [-0.15, -0.1) is 0 Å². The number of anilines is 1. The zero-order chi connectivity index (χ0) is 23.6. The Morgan fingerprint density at radius 2 is 1.55 bits per heavy atom. The number of ether oxygens (including phenoxy) is 3. The molecule has 0 aliphatic carbocycles. The van der Waals surface area contributed by atoms with Crippen LogP contribution < -0.4 is 18.9 Å². The van der Waals surface area contributed by atoms with Crippen LogP contribution in [-0.2, 0) is 16.6 Å². The van der Waals surface area contributed by atoms with Gasteiger partial charge in [-0.2, -0.15) is 0 Å². The van der Waals surface area contributed by atoms with Crippen molar-refractivity contribution in [1.29, 1.82) is 0 Å². The van der Waals surface area contributed by atoms with Crippen LogP contribution in [0.25, 0.3) is 11.0 Å². The third kappa shape index (κ3) is 4.45. The average Bonchev–Trinajstić information content (AvgIpc) is 3.13. The number of sulfonamides is 1. The van der Waals surface area contributed by atoms with Crippen LogP contribution in [-0.4, -0.2) is 39.3 Å². The minimum absolute atomic E-state index is 0.146. The highest BCUT2D eigenvalue weighted by atomic mass is 32.2. The second-order valence-corrected chi connectivity index (χ2v) is 9.08. The van der Waals surface area contributed by atoms with Gasteiger partial charge in [0.1, 0.15) is 5.82 Å². The van der Waals surface area contributed by atoms with Crippen molar-refractivity contribution >= 4 is 26.7 Å². The van der Waals surface area contributed by atoms with Gasteiger partial charge in [-0.05, 0) is 36.8 Å². The first-order valence-electron chi connectivity index (χ1n) is 10.2. The number of fused-ring (bicyclic) bond motifs is 1. The molecule has 0 atom stereocenters. The van der Waals surface area contributed by atoms with Gasteiger partial charge in [0.05, 0.1) is 42.9 Å². The van der Waals surface area contributed by atoms with Gasteiger partial charge in [-0.1, -0.05) is 24.3 Å². The van der Waals surface area contributed by atoms with Crippen molar-refractivity contribution in [3.8, 4) is 17.2 Å². The second kappa shape index (κ2) is 9.03. The molecule has 0 aliphatic heterocycles. The van der Waals surface area contributed by atoms with E-state index < -0.39 is 10.0 Å². The summed E-state index contributed by atoms with van der Waals surface area (Å²) in [6.07, 6.45) is 0. The van der Waals surface area contributed by atoms with Gasteiger partial charge in [0, 0.05) is 18.7 Å². The third-order valence-corrected chi connectivity index (χ3v) is 6.73. The van der Waals surface area contributed by atoms with Gasteiger partial charge in [-0.3, -0.25) is 4.72 Å². The highest BCUT2D eigenvalue weighted by molar-refractivity contribution is 7.92. The summed E-state index contributed by atoms with van der Waals surface area (Å²) >= 11 is 0. The minimum atomic E-state index is -3.83. The fourth-order valence-electron chi connectivity index (χ4n) is 3.71. The average molecular weight is 468 g/mol. The highest BCUT2D eigenvalue weighted by Crippen LogP contribution is 2.40. The molecule has 1 aromatic heterocycles. The first kappa shape index (κ1) is 22.5. The summed E-state index contributed by atoms with van der Waals surface area (Å²) in [6.45, 7) is 2.55. The van der Waals surface area contributed by atoms with Crippen molar-refractivity contribution in [2.45, 2.75) is 18.4 Å². The number of aromatic nitrogens is 2. The summed E-state index contributed by atoms with van der Waals surface area (Å²) in [4.78, 5) is 4.73. The fourth-order valence-corrected chi connectivity index (χ4v) is 4.75. The maximum Gasteiger partial charge on any atom is 0.261 e. The zero-order valence-corrected chi connectivity index (χ0v) is 19.6. The number of imidazole rings is 1. The summed E-state index contributed by atoms with van der Waals surface area (Å²) in [5.41, 5.74) is 3.24. The number of benzene rings is 3. The number of para-hydroxylation sites is 2. The third-order valence-electron chi connectivity index (χ3n) is 5.34. The van der Waals surface area contributed by atoms with Crippen LogP contribution in [0.5, 0.6) is 17.2 Å². The number of nitrogens with one attached hydrogen (secondary N) is 1. The lowest BCUT2D eigenvalue weighted by molar-refractivity contribution is 0.325. The normalized spacial score (nSPS) is 11.4. The summed E-state index contributed by atoms with van der Waals surface area (Å²) in [5.74, 6) is 1.99. The van der Waals surface area contributed by atoms with Crippen molar-refractivity contribution in [2.24, 2.45) is 0 Å². The number of nitrogens with zero attached hydrogens (tertiary/aromatic N) is 2. The van der Waals surface area contributed by atoms with Crippen molar-refractivity contribution in [3.05, 3.63) is 72.1 Å². The number of methoxy groups -OCH3 is 3. The summed E-state index contributed by atoms with van der Waals surface area (Å²) in [6, 6.07) is 17.8. The Kier molecular flexibility index (Phi) is 6.15. The molecule has 4 aromatic rings. The van der Waals surface area contributed by atoms with Crippen LogP contribution in [0.3, 0.4) is 0 Å². The molecule has 9 heteroatoms. The van der Waals surface area contributed by atoms with Gasteiger partial charge >= 0.3 is 0 Å². The van der Waals surface area contributed by atoms with E-state index in [9.17, 15) is 8.42 Å². The monoisotopic (exact) mass is 467 g/mol. The summed E-state index contributed by atoms with van der Waals surface area (Å²) < 4.78 is 46.5. The molecule has 0 aliphatic rings. The van der Waals surface area contributed by atoms with E-state index in [0.717, 1.165) is 22.4 Å². The molecule has 4 rings (SSSR count). The predicted molar refractivity (Wildman–Crippen MR) is 127 cm³/mol. The topological polar surface area (TPSA) is 91.7 Å². The lowest BCUT2D eigenvalue weighted by atomic mass is 10.2. The van der Waals surface area contributed by atoms with Crippen molar-refractivity contribution in [2.75, 3.05) is 26.1 Å². The molecule has 33 heavy (non-hydrogen) atoms. The van der Waals surface area contributed by atoms with Crippen LogP contribution in [0.4, 0.5) is 5.69 Å². The first-order valence-corrected chi connectivity index (χ1v) is 11.7. The molecule has 0 radical (unpaired) electrons. The molecule has 0 saturated carbocycles.